The molecular formula is C21H23ClFN5O7. The monoisotopic (exact) mass is 511 g/mol. The van der Waals surface area contributed by atoms with Gasteiger partial charge in [-0.3, -0.25) is 4.57 Å². The van der Waals surface area contributed by atoms with Gasteiger partial charge in [0.15, 0.2) is 17.8 Å². The average Bonchev–Trinajstić information content (AvgIpc) is 3.24. The number of hydrogen-bond donors (Lipinski definition) is 3. The molecule has 3 rings (SSSR count). The van der Waals surface area contributed by atoms with E-state index in [4.69, 9.17) is 31.5 Å². The van der Waals surface area contributed by atoms with Crippen LogP contribution in [0.4, 0.5) is 10.2 Å². The van der Waals surface area contributed by atoms with Crippen molar-refractivity contribution in [2.75, 3.05) is 26.6 Å². The standard InChI is InChI=1S/C21H23ClFN5O7/c1-33-12-5-3-4-11(6-12)8-21(18(29)30,19(31)32)35-9-13(34-2)7-14(23)28-10-25-15-16(24)26-20(22)27-17(15)28/h3-6,10,13-14H,7-9H2,1-2H3,(H,29,30)(H,31,32)(H2,24,26,27). The van der Waals surface area contributed by atoms with Crippen molar-refractivity contribution in [2.45, 2.75) is 30.8 Å². The zero-order valence-corrected chi connectivity index (χ0v) is 19.5. The van der Waals surface area contributed by atoms with E-state index in [0.717, 1.165) is 10.9 Å². The Balaban J connectivity index is 1.79. The zero-order valence-electron chi connectivity index (χ0n) is 18.7. The second-order valence-corrected chi connectivity index (χ2v) is 7.84. The topological polar surface area (TPSA) is 172 Å². The average molecular weight is 512 g/mol. The smallest absolute Gasteiger partial charge is 0.348 e. The second kappa shape index (κ2) is 10.8. The molecule has 35 heavy (non-hydrogen) atoms. The van der Waals surface area contributed by atoms with Gasteiger partial charge in [-0.1, -0.05) is 12.1 Å². The third-order valence-electron chi connectivity index (χ3n) is 5.31. The normalized spacial score (nSPS) is 13.5. The number of methoxy groups -OCH3 is 2. The molecule has 2 unspecified atom stereocenters. The van der Waals surface area contributed by atoms with Gasteiger partial charge in [0.05, 0.1) is 26.1 Å². The summed E-state index contributed by atoms with van der Waals surface area (Å²) in [5, 5.41) is 19.3. The number of carbonyl (C=O) groups is 2. The third-order valence-corrected chi connectivity index (χ3v) is 5.48. The molecule has 0 saturated heterocycles. The van der Waals surface area contributed by atoms with Crippen molar-refractivity contribution < 1.29 is 38.4 Å². The summed E-state index contributed by atoms with van der Waals surface area (Å²) in [6.45, 7) is -0.538. The number of hydrogen-bond acceptors (Lipinski definition) is 9. The van der Waals surface area contributed by atoms with Gasteiger partial charge in [-0.25, -0.2) is 19.0 Å². The van der Waals surface area contributed by atoms with E-state index >= 15 is 4.39 Å². The van der Waals surface area contributed by atoms with Gasteiger partial charge in [0.2, 0.25) is 5.28 Å². The minimum absolute atomic E-state index is 0.0252. The number of imidazole rings is 1. The lowest BCUT2D eigenvalue weighted by molar-refractivity contribution is -0.188. The van der Waals surface area contributed by atoms with Crippen LogP contribution >= 0.6 is 11.6 Å². The Hall–Kier alpha value is -3.55. The first kappa shape index (κ1) is 26.1. The summed E-state index contributed by atoms with van der Waals surface area (Å²) < 4.78 is 32.0. The quantitative estimate of drug-likeness (QED) is 0.240. The first-order chi connectivity index (χ1) is 16.6. The summed E-state index contributed by atoms with van der Waals surface area (Å²) in [6.07, 6.45) is -2.49. The Bertz CT molecular complexity index is 1210. The van der Waals surface area contributed by atoms with Gasteiger partial charge < -0.3 is 30.2 Å². The molecule has 0 fully saturated rings. The number of ether oxygens (including phenoxy) is 3. The Morgan fingerprint density at radius 1 is 1.26 bits per heavy atom. The molecule has 0 aliphatic heterocycles. The minimum Gasteiger partial charge on any atom is -0.497 e. The Morgan fingerprint density at radius 2 is 1.97 bits per heavy atom. The lowest BCUT2D eigenvalue weighted by Gasteiger charge is -2.28. The van der Waals surface area contributed by atoms with Gasteiger partial charge in [-0.05, 0) is 29.3 Å². The van der Waals surface area contributed by atoms with Crippen molar-refractivity contribution in [3.05, 3.63) is 41.4 Å². The number of benzene rings is 1. The molecule has 2 heterocycles. The summed E-state index contributed by atoms with van der Waals surface area (Å²) in [7, 11) is 2.68. The number of fused-ring (bicyclic) bond motifs is 1. The van der Waals surface area contributed by atoms with Crippen LogP contribution in [0.15, 0.2) is 30.6 Å². The van der Waals surface area contributed by atoms with Crippen LogP contribution in [0, 0.1) is 0 Å². The molecule has 0 amide bonds. The number of nitrogens with zero attached hydrogens (tertiary/aromatic N) is 4. The summed E-state index contributed by atoms with van der Waals surface area (Å²) in [5.41, 5.74) is 3.64. The number of aromatic nitrogens is 4. The van der Waals surface area contributed by atoms with E-state index in [-0.39, 0.29) is 28.7 Å². The van der Waals surface area contributed by atoms with Crippen LogP contribution < -0.4 is 10.5 Å². The largest absolute Gasteiger partial charge is 0.497 e. The molecule has 188 valence electrons. The number of aliphatic carboxylic acids is 2. The SMILES string of the molecule is COc1cccc(CC(OCC(CC(F)n2cnc3c(N)nc(Cl)nc32)OC)(C(=O)O)C(=O)O)c1. The fraction of sp³-hybridized carbons (Fsp3) is 0.381. The van der Waals surface area contributed by atoms with E-state index < -0.39 is 43.0 Å². The minimum atomic E-state index is -2.65. The second-order valence-electron chi connectivity index (χ2n) is 7.51. The fourth-order valence-electron chi connectivity index (χ4n) is 3.40. The van der Waals surface area contributed by atoms with Crippen molar-refractivity contribution in [1.29, 1.82) is 0 Å². The van der Waals surface area contributed by atoms with E-state index in [1.54, 1.807) is 18.2 Å². The summed E-state index contributed by atoms with van der Waals surface area (Å²) in [6, 6.07) is 6.26. The van der Waals surface area contributed by atoms with Crippen molar-refractivity contribution in [3.63, 3.8) is 0 Å². The predicted molar refractivity (Wildman–Crippen MR) is 121 cm³/mol. The van der Waals surface area contributed by atoms with Crippen LogP contribution in [0.25, 0.3) is 11.2 Å². The molecule has 0 bridgehead atoms. The molecule has 0 spiro atoms. The predicted octanol–water partition coefficient (Wildman–Crippen LogP) is 2.11. The molecule has 2 atom stereocenters. The fourth-order valence-corrected chi connectivity index (χ4v) is 3.57. The van der Waals surface area contributed by atoms with Crippen LogP contribution in [0.3, 0.4) is 0 Å². The highest BCUT2D eigenvalue weighted by molar-refractivity contribution is 6.28. The molecule has 0 radical (unpaired) electrons. The van der Waals surface area contributed by atoms with Crippen molar-refractivity contribution in [1.82, 2.24) is 19.5 Å². The molecule has 0 saturated carbocycles. The van der Waals surface area contributed by atoms with Gasteiger partial charge in [0, 0.05) is 20.0 Å². The van der Waals surface area contributed by atoms with E-state index in [1.165, 1.54) is 20.3 Å². The van der Waals surface area contributed by atoms with Crippen molar-refractivity contribution in [3.8, 4) is 5.75 Å². The lowest BCUT2D eigenvalue weighted by Crippen LogP contribution is -2.52. The van der Waals surface area contributed by atoms with E-state index in [1.807, 2.05) is 0 Å². The highest BCUT2D eigenvalue weighted by atomic mass is 35.5. The summed E-state index contributed by atoms with van der Waals surface area (Å²) in [5.74, 6) is -3.05. The number of carboxylic acids is 2. The number of rotatable bonds is 12. The van der Waals surface area contributed by atoms with Gasteiger partial charge in [-0.15, -0.1) is 0 Å². The molecule has 4 N–H and O–H groups in total. The van der Waals surface area contributed by atoms with Crippen molar-refractivity contribution >= 4 is 40.5 Å². The van der Waals surface area contributed by atoms with E-state index in [2.05, 4.69) is 15.0 Å². The number of nitrogens with two attached hydrogens (primary N) is 1. The Morgan fingerprint density at radius 3 is 2.60 bits per heavy atom. The first-order valence-corrected chi connectivity index (χ1v) is 10.5. The number of carboxylic acid groups (broad SMARTS) is 2. The molecule has 14 heteroatoms. The van der Waals surface area contributed by atoms with E-state index in [9.17, 15) is 19.8 Å². The molecule has 0 aliphatic rings. The van der Waals surface area contributed by atoms with Gasteiger partial charge in [-0.2, -0.15) is 9.97 Å². The number of alkyl halides is 1. The summed E-state index contributed by atoms with van der Waals surface area (Å²) in [4.78, 5) is 35.8. The maximum atomic E-state index is 15.2. The maximum absolute atomic E-state index is 15.2. The van der Waals surface area contributed by atoms with Crippen molar-refractivity contribution in [2.24, 2.45) is 0 Å². The van der Waals surface area contributed by atoms with Gasteiger partial charge >= 0.3 is 11.9 Å². The maximum Gasteiger partial charge on any atom is 0.348 e. The molecular weight excluding hydrogens is 489 g/mol. The molecule has 0 aliphatic carbocycles. The summed E-state index contributed by atoms with van der Waals surface area (Å²) >= 11 is 5.81. The highest BCUT2D eigenvalue weighted by Gasteiger charge is 2.49. The van der Waals surface area contributed by atoms with Crippen LogP contribution in [0.2, 0.25) is 5.28 Å². The van der Waals surface area contributed by atoms with Crippen LogP contribution in [0.1, 0.15) is 18.3 Å². The number of nitrogen functional groups attached to an aromatic ring is 1. The molecule has 3 aromatic rings. The van der Waals surface area contributed by atoms with Gasteiger partial charge in [0.25, 0.3) is 5.60 Å². The first-order valence-electron chi connectivity index (χ1n) is 10.2. The zero-order chi connectivity index (χ0) is 25.8. The van der Waals surface area contributed by atoms with Crippen LogP contribution in [0.5, 0.6) is 5.75 Å². The molecule has 1 aromatic carbocycles. The third kappa shape index (κ3) is 5.58. The number of halogens is 2. The highest BCUT2D eigenvalue weighted by Crippen LogP contribution is 2.27. The molecule has 12 nitrogen and oxygen atoms in total. The Labute approximate surface area is 203 Å². The van der Waals surface area contributed by atoms with E-state index in [0.29, 0.717) is 11.3 Å². The number of anilines is 1. The Kier molecular flexibility index (Phi) is 8.04. The van der Waals surface area contributed by atoms with Gasteiger partial charge in [0.1, 0.15) is 11.3 Å². The molecule has 2 aromatic heterocycles. The van der Waals surface area contributed by atoms with Crippen LogP contribution in [-0.4, -0.2) is 74.2 Å². The lowest BCUT2D eigenvalue weighted by atomic mass is 9.94. The van der Waals surface area contributed by atoms with Crippen LogP contribution in [-0.2, 0) is 25.5 Å².